The number of amides is 1. The maximum atomic E-state index is 12.6. The van der Waals surface area contributed by atoms with Crippen molar-refractivity contribution in [2.75, 3.05) is 13.2 Å². The van der Waals surface area contributed by atoms with Crippen LogP contribution in [0.15, 0.2) is 12.1 Å². The lowest BCUT2D eigenvalue weighted by molar-refractivity contribution is -0.143. The zero-order chi connectivity index (χ0) is 18.7. The number of esters is 1. The summed E-state index contributed by atoms with van der Waals surface area (Å²) >= 11 is 6.14. The molecule has 2 rings (SSSR count). The third-order valence-electron chi connectivity index (χ3n) is 3.83. The summed E-state index contributed by atoms with van der Waals surface area (Å²) in [5.41, 5.74) is 0.217. The Labute approximate surface area is 153 Å². The highest BCUT2D eigenvalue weighted by Crippen LogP contribution is 2.38. The molecule has 138 valence electrons. The molecule has 0 saturated carbocycles. The van der Waals surface area contributed by atoms with Crippen molar-refractivity contribution in [3.8, 4) is 11.5 Å². The maximum absolute atomic E-state index is 12.6. The molecule has 0 aromatic heterocycles. The average Bonchev–Trinajstić information content (AvgIpc) is 2.53. The predicted molar refractivity (Wildman–Crippen MR) is 94.4 cm³/mol. The fourth-order valence-electron chi connectivity index (χ4n) is 2.82. The van der Waals surface area contributed by atoms with Crippen molar-refractivity contribution in [2.24, 2.45) is 0 Å². The Bertz CT molecular complexity index is 651. The maximum Gasteiger partial charge on any atom is 0.339 e. The first-order valence-electron chi connectivity index (χ1n) is 8.34. The summed E-state index contributed by atoms with van der Waals surface area (Å²) in [5, 5.41) is 0.272. The molecule has 1 aliphatic heterocycles. The number of hydrogen-bond acceptors (Lipinski definition) is 5. The topological polar surface area (TPSA) is 65.1 Å². The molecule has 0 radical (unpaired) electrons. The number of benzene rings is 1. The van der Waals surface area contributed by atoms with Gasteiger partial charge in [0.1, 0.15) is 13.2 Å². The molecule has 0 fully saturated rings. The lowest BCUT2D eigenvalue weighted by atomic mass is 10.1. The van der Waals surface area contributed by atoms with E-state index in [-0.39, 0.29) is 28.6 Å². The fourth-order valence-corrected chi connectivity index (χ4v) is 3.09. The van der Waals surface area contributed by atoms with Crippen LogP contribution >= 0.6 is 11.6 Å². The van der Waals surface area contributed by atoms with Crippen molar-refractivity contribution in [1.29, 1.82) is 0 Å². The van der Waals surface area contributed by atoms with E-state index in [9.17, 15) is 9.59 Å². The Morgan fingerprint density at radius 3 is 2.28 bits per heavy atom. The lowest BCUT2D eigenvalue weighted by Gasteiger charge is -2.32. The van der Waals surface area contributed by atoms with E-state index in [2.05, 4.69) is 0 Å². The monoisotopic (exact) mass is 369 g/mol. The Kier molecular flexibility index (Phi) is 6.16. The third-order valence-corrected chi connectivity index (χ3v) is 4.11. The van der Waals surface area contributed by atoms with Crippen molar-refractivity contribution in [3.05, 3.63) is 22.7 Å². The number of rotatable bonds is 5. The van der Waals surface area contributed by atoms with Crippen molar-refractivity contribution >= 4 is 23.5 Å². The molecule has 0 N–H and O–H groups in total. The summed E-state index contributed by atoms with van der Waals surface area (Å²) in [4.78, 5) is 26.7. The molecule has 1 atom stereocenters. The number of fused-ring (bicyclic) bond motifs is 1. The van der Waals surface area contributed by atoms with E-state index in [1.165, 1.54) is 12.1 Å². The Morgan fingerprint density at radius 2 is 1.68 bits per heavy atom. The molecular formula is C18H24ClNO5. The van der Waals surface area contributed by atoms with E-state index >= 15 is 0 Å². The van der Waals surface area contributed by atoms with Gasteiger partial charge in [-0.1, -0.05) is 11.6 Å². The second kappa shape index (κ2) is 7.95. The first-order chi connectivity index (χ1) is 11.7. The molecular weight excluding hydrogens is 346 g/mol. The van der Waals surface area contributed by atoms with Gasteiger partial charge in [0.05, 0.1) is 10.6 Å². The van der Waals surface area contributed by atoms with Gasteiger partial charge < -0.3 is 19.1 Å². The van der Waals surface area contributed by atoms with E-state index in [4.69, 9.17) is 25.8 Å². The van der Waals surface area contributed by atoms with E-state index < -0.39 is 12.1 Å². The minimum atomic E-state index is -0.899. The number of halogens is 1. The summed E-state index contributed by atoms with van der Waals surface area (Å²) in [7, 11) is 0. The van der Waals surface area contributed by atoms with Gasteiger partial charge in [0, 0.05) is 12.1 Å². The van der Waals surface area contributed by atoms with Crippen molar-refractivity contribution < 1.29 is 23.8 Å². The van der Waals surface area contributed by atoms with Gasteiger partial charge in [-0.3, -0.25) is 4.79 Å². The Balaban J connectivity index is 2.13. The zero-order valence-corrected chi connectivity index (χ0v) is 15.9. The summed E-state index contributed by atoms with van der Waals surface area (Å²) < 4.78 is 16.2. The normalized spacial score (nSPS) is 14.4. The first kappa shape index (κ1) is 19.4. The van der Waals surface area contributed by atoms with Crippen LogP contribution in [0.4, 0.5) is 0 Å². The van der Waals surface area contributed by atoms with Gasteiger partial charge >= 0.3 is 5.97 Å². The van der Waals surface area contributed by atoms with Crippen LogP contribution in [-0.4, -0.2) is 48.2 Å². The molecule has 1 aromatic rings. The van der Waals surface area contributed by atoms with Crippen LogP contribution in [0, 0.1) is 0 Å². The molecule has 1 aliphatic rings. The minimum absolute atomic E-state index is 0.0115. The fraction of sp³-hybridized carbons (Fsp3) is 0.556. The van der Waals surface area contributed by atoms with Crippen LogP contribution in [-0.2, 0) is 9.53 Å². The van der Waals surface area contributed by atoms with Crippen molar-refractivity contribution in [1.82, 2.24) is 4.90 Å². The molecule has 0 bridgehead atoms. The molecule has 1 amide bonds. The second-order valence-electron chi connectivity index (χ2n) is 6.46. The summed E-state index contributed by atoms with van der Waals surface area (Å²) in [6.45, 7) is 10.1. The molecule has 0 unspecified atom stereocenters. The largest absolute Gasteiger partial charge is 0.486 e. The van der Waals surface area contributed by atoms with E-state index in [0.29, 0.717) is 24.7 Å². The standard InChI is InChI=1S/C18H24ClNO5/c1-10(2)20(11(3)4)17(21)12(5)25-18(22)13-8-14(19)16-15(9-13)23-6-7-24-16/h8-12H,6-7H2,1-5H3/t12-/m1/s1. The molecule has 0 aliphatic carbocycles. The van der Waals surface area contributed by atoms with Crippen molar-refractivity contribution in [3.63, 3.8) is 0 Å². The SMILES string of the molecule is CC(C)N(C(=O)[C@@H](C)OC(=O)c1cc(Cl)c2c(c1)OCCO2)C(C)C. The molecule has 0 spiro atoms. The zero-order valence-electron chi connectivity index (χ0n) is 15.2. The van der Waals surface area contributed by atoms with Crippen LogP contribution < -0.4 is 9.47 Å². The van der Waals surface area contributed by atoms with Gasteiger partial charge in [0.25, 0.3) is 5.91 Å². The summed E-state index contributed by atoms with van der Waals surface area (Å²) in [5.74, 6) is -0.0516. The van der Waals surface area contributed by atoms with Gasteiger partial charge in [0.15, 0.2) is 17.6 Å². The number of carbonyl (C=O) groups is 2. The highest BCUT2D eigenvalue weighted by molar-refractivity contribution is 6.32. The highest BCUT2D eigenvalue weighted by atomic mass is 35.5. The van der Waals surface area contributed by atoms with Crippen LogP contribution in [0.1, 0.15) is 45.0 Å². The van der Waals surface area contributed by atoms with Crippen LogP contribution in [0.5, 0.6) is 11.5 Å². The quantitative estimate of drug-likeness (QED) is 0.745. The summed E-state index contributed by atoms with van der Waals surface area (Å²) in [6.07, 6.45) is -0.899. The molecule has 25 heavy (non-hydrogen) atoms. The van der Waals surface area contributed by atoms with Gasteiger partial charge in [-0.05, 0) is 46.8 Å². The van der Waals surface area contributed by atoms with E-state index in [1.54, 1.807) is 11.8 Å². The smallest absolute Gasteiger partial charge is 0.339 e. The van der Waals surface area contributed by atoms with Gasteiger partial charge in [0.2, 0.25) is 0 Å². The van der Waals surface area contributed by atoms with Crippen molar-refractivity contribution in [2.45, 2.75) is 52.8 Å². The van der Waals surface area contributed by atoms with E-state index in [1.807, 2.05) is 27.7 Å². The molecule has 1 heterocycles. The predicted octanol–water partition coefficient (Wildman–Crippen LogP) is 3.30. The number of ether oxygens (including phenoxy) is 3. The van der Waals surface area contributed by atoms with Crippen LogP contribution in [0.25, 0.3) is 0 Å². The second-order valence-corrected chi connectivity index (χ2v) is 6.87. The lowest BCUT2D eigenvalue weighted by Crippen LogP contribution is -2.47. The first-order valence-corrected chi connectivity index (χ1v) is 8.72. The average molecular weight is 370 g/mol. The van der Waals surface area contributed by atoms with Crippen LogP contribution in [0.2, 0.25) is 5.02 Å². The van der Waals surface area contributed by atoms with E-state index in [0.717, 1.165) is 0 Å². The van der Waals surface area contributed by atoms with Gasteiger partial charge in [-0.2, -0.15) is 0 Å². The third kappa shape index (κ3) is 4.37. The van der Waals surface area contributed by atoms with Crippen LogP contribution in [0.3, 0.4) is 0 Å². The Hall–Kier alpha value is -1.95. The number of nitrogens with zero attached hydrogens (tertiary/aromatic N) is 1. The molecule has 7 heteroatoms. The number of carbonyl (C=O) groups excluding carboxylic acids is 2. The minimum Gasteiger partial charge on any atom is -0.486 e. The molecule has 0 saturated heterocycles. The van der Waals surface area contributed by atoms with Gasteiger partial charge in [-0.25, -0.2) is 4.79 Å². The Morgan fingerprint density at radius 1 is 1.08 bits per heavy atom. The molecule has 6 nitrogen and oxygen atoms in total. The molecule has 1 aromatic carbocycles. The highest BCUT2D eigenvalue weighted by Gasteiger charge is 2.28. The summed E-state index contributed by atoms with van der Waals surface area (Å²) in [6, 6.07) is 2.99. The van der Waals surface area contributed by atoms with Gasteiger partial charge in [-0.15, -0.1) is 0 Å². The number of hydrogen-bond donors (Lipinski definition) is 0.